The average Bonchev–Trinajstić information content (AvgIpc) is 2.85. The number of carbonyl (C=O) groups excluding carboxylic acids is 1. The van der Waals surface area contributed by atoms with Crippen LogP contribution in [0.25, 0.3) is 11.3 Å². The summed E-state index contributed by atoms with van der Waals surface area (Å²) in [7, 11) is 0. The van der Waals surface area contributed by atoms with Gasteiger partial charge in [-0.05, 0) is 12.1 Å². The lowest BCUT2D eigenvalue weighted by Gasteiger charge is -1.97. The van der Waals surface area contributed by atoms with Crippen molar-refractivity contribution in [2.75, 3.05) is 5.32 Å². The standard InChI is InChI=1S/C13H9ClN2O3S/c14-9-3-1-8(2-4-9)10-7-20-13(15-10)16-11(17)5-6-12(18)19/h1-7H,(H,18,19)(H,15,16,17). The largest absolute Gasteiger partial charge is 0.478 e. The second kappa shape index (κ2) is 6.31. The highest BCUT2D eigenvalue weighted by Crippen LogP contribution is 2.25. The van der Waals surface area contributed by atoms with Crippen molar-refractivity contribution >= 4 is 39.9 Å². The molecule has 0 unspecified atom stereocenters. The predicted octanol–water partition coefficient (Wildman–Crippen LogP) is 3.04. The molecule has 0 saturated heterocycles. The Morgan fingerprint density at radius 2 is 1.95 bits per heavy atom. The van der Waals surface area contributed by atoms with Crippen LogP contribution in [0.4, 0.5) is 5.13 Å². The molecule has 2 aromatic rings. The summed E-state index contributed by atoms with van der Waals surface area (Å²) in [4.78, 5) is 25.9. The summed E-state index contributed by atoms with van der Waals surface area (Å²) in [6.07, 6.45) is 1.70. The van der Waals surface area contributed by atoms with Gasteiger partial charge in [0.25, 0.3) is 0 Å². The van der Waals surface area contributed by atoms with Crippen molar-refractivity contribution in [1.29, 1.82) is 0 Å². The number of hydrogen-bond acceptors (Lipinski definition) is 4. The van der Waals surface area contributed by atoms with Crippen molar-refractivity contribution in [2.24, 2.45) is 0 Å². The second-order valence-electron chi connectivity index (χ2n) is 3.71. The molecule has 0 bridgehead atoms. The van der Waals surface area contributed by atoms with E-state index in [4.69, 9.17) is 16.7 Å². The highest BCUT2D eigenvalue weighted by molar-refractivity contribution is 7.14. The van der Waals surface area contributed by atoms with Crippen LogP contribution in [-0.4, -0.2) is 22.0 Å². The molecule has 5 nitrogen and oxygen atoms in total. The molecule has 1 aromatic heterocycles. The molecular formula is C13H9ClN2O3S. The van der Waals surface area contributed by atoms with Gasteiger partial charge >= 0.3 is 5.97 Å². The van der Waals surface area contributed by atoms with Crippen molar-refractivity contribution < 1.29 is 14.7 Å². The first-order valence-corrected chi connectivity index (χ1v) is 6.74. The molecule has 102 valence electrons. The van der Waals surface area contributed by atoms with E-state index in [2.05, 4.69) is 10.3 Å². The first-order valence-electron chi connectivity index (χ1n) is 5.48. The van der Waals surface area contributed by atoms with E-state index in [0.717, 1.165) is 17.7 Å². The smallest absolute Gasteiger partial charge is 0.328 e. The molecule has 0 spiro atoms. The fourth-order valence-corrected chi connectivity index (χ4v) is 2.23. The average molecular weight is 309 g/mol. The number of hydrogen-bond donors (Lipinski definition) is 2. The fourth-order valence-electron chi connectivity index (χ4n) is 1.38. The van der Waals surface area contributed by atoms with E-state index in [1.807, 2.05) is 12.1 Å². The third kappa shape index (κ3) is 3.91. The predicted molar refractivity (Wildman–Crippen MR) is 78.0 cm³/mol. The summed E-state index contributed by atoms with van der Waals surface area (Å²) in [5.41, 5.74) is 1.59. The van der Waals surface area contributed by atoms with Gasteiger partial charge in [-0.25, -0.2) is 9.78 Å². The van der Waals surface area contributed by atoms with Crippen LogP contribution in [0.15, 0.2) is 41.8 Å². The van der Waals surface area contributed by atoms with Gasteiger partial charge in [-0.2, -0.15) is 0 Å². The van der Waals surface area contributed by atoms with Crippen LogP contribution >= 0.6 is 22.9 Å². The van der Waals surface area contributed by atoms with Crippen LogP contribution in [0.3, 0.4) is 0 Å². The second-order valence-corrected chi connectivity index (χ2v) is 5.00. The Morgan fingerprint density at radius 3 is 2.60 bits per heavy atom. The number of nitrogens with one attached hydrogen (secondary N) is 1. The van der Waals surface area contributed by atoms with Crippen molar-refractivity contribution in [1.82, 2.24) is 4.98 Å². The first kappa shape index (κ1) is 14.2. The zero-order valence-electron chi connectivity index (χ0n) is 10.0. The van der Waals surface area contributed by atoms with E-state index in [9.17, 15) is 9.59 Å². The number of amides is 1. The Labute approximate surface area is 123 Å². The molecule has 1 amide bonds. The van der Waals surface area contributed by atoms with Crippen LogP contribution in [-0.2, 0) is 9.59 Å². The molecule has 0 aliphatic rings. The number of rotatable bonds is 4. The minimum Gasteiger partial charge on any atom is -0.478 e. The summed E-state index contributed by atoms with van der Waals surface area (Å²) in [6, 6.07) is 7.16. The fraction of sp³-hybridized carbons (Fsp3) is 0. The summed E-state index contributed by atoms with van der Waals surface area (Å²) in [5, 5.41) is 13.7. The molecule has 0 atom stereocenters. The van der Waals surface area contributed by atoms with E-state index in [1.165, 1.54) is 11.3 Å². The highest BCUT2D eigenvalue weighted by Gasteiger charge is 2.06. The van der Waals surface area contributed by atoms with E-state index in [1.54, 1.807) is 17.5 Å². The van der Waals surface area contributed by atoms with Crippen molar-refractivity contribution in [3.05, 3.63) is 46.8 Å². The highest BCUT2D eigenvalue weighted by atomic mass is 35.5. The lowest BCUT2D eigenvalue weighted by molar-refractivity contribution is -0.131. The molecule has 20 heavy (non-hydrogen) atoms. The number of benzene rings is 1. The molecule has 0 fully saturated rings. The number of nitrogens with zero attached hydrogens (tertiary/aromatic N) is 1. The van der Waals surface area contributed by atoms with Crippen molar-refractivity contribution in [3.63, 3.8) is 0 Å². The van der Waals surface area contributed by atoms with Gasteiger partial charge in [-0.3, -0.25) is 10.1 Å². The molecule has 2 rings (SSSR count). The van der Waals surface area contributed by atoms with Crippen LogP contribution < -0.4 is 5.32 Å². The number of aliphatic carboxylic acids is 1. The van der Waals surface area contributed by atoms with Crippen LogP contribution in [0.1, 0.15) is 0 Å². The van der Waals surface area contributed by atoms with Crippen LogP contribution in [0, 0.1) is 0 Å². The molecule has 0 radical (unpaired) electrons. The normalized spacial score (nSPS) is 10.7. The van der Waals surface area contributed by atoms with Gasteiger partial charge < -0.3 is 5.11 Å². The van der Waals surface area contributed by atoms with Gasteiger partial charge in [0.15, 0.2) is 5.13 Å². The van der Waals surface area contributed by atoms with Crippen LogP contribution in [0.5, 0.6) is 0 Å². The van der Waals surface area contributed by atoms with Gasteiger partial charge in [-0.1, -0.05) is 23.7 Å². The number of halogens is 1. The van der Waals surface area contributed by atoms with E-state index >= 15 is 0 Å². The maximum atomic E-state index is 11.4. The van der Waals surface area contributed by atoms with Crippen molar-refractivity contribution in [3.8, 4) is 11.3 Å². The number of carboxylic acids is 1. The van der Waals surface area contributed by atoms with Gasteiger partial charge in [0.2, 0.25) is 5.91 Å². The number of aromatic nitrogens is 1. The molecule has 0 saturated carbocycles. The summed E-state index contributed by atoms with van der Waals surface area (Å²) in [5.74, 6) is -1.72. The van der Waals surface area contributed by atoms with Gasteiger partial charge in [-0.15, -0.1) is 11.3 Å². The Kier molecular flexibility index (Phi) is 4.49. The zero-order chi connectivity index (χ0) is 14.5. The molecule has 1 aromatic carbocycles. The maximum Gasteiger partial charge on any atom is 0.328 e. The maximum absolute atomic E-state index is 11.4. The van der Waals surface area contributed by atoms with E-state index in [0.29, 0.717) is 15.8 Å². The topological polar surface area (TPSA) is 79.3 Å². The van der Waals surface area contributed by atoms with Gasteiger partial charge in [0.05, 0.1) is 5.69 Å². The minimum atomic E-state index is -1.18. The van der Waals surface area contributed by atoms with Crippen LogP contribution in [0.2, 0.25) is 5.02 Å². The van der Waals surface area contributed by atoms with Crippen molar-refractivity contribution in [2.45, 2.75) is 0 Å². The third-order valence-corrected chi connectivity index (χ3v) is 3.26. The van der Waals surface area contributed by atoms with E-state index in [-0.39, 0.29) is 0 Å². The Hall–Kier alpha value is -2.18. The lowest BCUT2D eigenvalue weighted by atomic mass is 10.2. The Bertz CT molecular complexity index is 665. The van der Waals surface area contributed by atoms with Gasteiger partial charge in [0.1, 0.15) is 0 Å². The quantitative estimate of drug-likeness (QED) is 0.851. The number of carbonyl (C=O) groups is 2. The SMILES string of the molecule is O=C(O)C=CC(=O)Nc1nc(-c2ccc(Cl)cc2)cs1. The molecule has 0 aliphatic carbocycles. The summed E-state index contributed by atoms with van der Waals surface area (Å²) >= 11 is 7.06. The molecule has 1 heterocycles. The Balaban J connectivity index is 2.07. The van der Waals surface area contributed by atoms with Gasteiger partial charge in [0, 0.05) is 28.1 Å². The minimum absolute atomic E-state index is 0.398. The summed E-state index contributed by atoms with van der Waals surface area (Å²) in [6.45, 7) is 0. The molecular weight excluding hydrogens is 300 g/mol. The molecule has 2 N–H and O–H groups in total. The third-order valence-electron chi connectivity index (χ3n) is 2.25. The Morgan fingerprint density at radius 1 is 1.25 bits per heavy atom. The molecule has 0 aliphatic heterocycles. The number of anilines is 1. The lowest BCUT2D eigenvalue weighted by Crippen LogP contribution is -2.08. The van der Waals surface area contributed by atoms with E-state index < -0.39 is 11.9 Å². The number of thiazole rings is 1. The zero-order valence-corrected chi connectivity index (χ0v) is 11.6. The molecule has 7 heteroatoms. The monoisotopic (exact) mass is 308 g/mol. The first-order chi connectivity index (χ1) is 9.54. The number of carboxylic acid groups (broad SMARTS) is 1. The summed E-state index contributed by atoms with van der Waals surface area (Å²) < 4.78 is 0.